The fraction of sp³-hybridized carbons (Fsp3) is 0.974. The van der Waals surface area contributed by atoms with Crippen LogP contribution in [0, 0.1) is 0 Å². The highest BCUT2D eigenvalue weighted by molar-refractivity contribution is 5.76. The summed E-state index contributed by atoms with van der Waals surface area (Å²) in [4.78, 5) is 14.4. The quantitative estimate of drug-likeness (QED) is 0.0382. The lowest BCUT2D eigenvalue weighted by Gasteiger charge is -2.42. The van der Waals surface area contributed by atoms with Crippen LogP contribution < -0.4 is 0 Å². The Bertz CT molecular complexity index is 1340. The highest BCUT2D eigenvalue weighted by Gasteiger charge is 2.95. The van der Waals surface area contributed by atoms with E-state index in [-0.39, 0.29) is 39.0 Å². The molecule has 1 saturated heterocycles. The number of amides is 1. The van der Waals surface area contributed by atoms with E-state index in [2.05, 4.69) is 6.92 Å². The number of hydrogen-bond donors (Lipinski definition) is 4. The van der Waals surface area contributed by atoms with E-state index >= 15 is 0 Å². The maximum Gasteiger partial charge on any atom is 0.460 e. The van der Waals surface area contributed by atoms with Crippen LogP contribution in [-0.4, -0.2) is 136 Å². The molecule has 4 N–H and O–H groups in total. The Hall–Kier alpha value is -1.96. The van der Waals surface area contributed by atoms with E-state index in [1.165, 1.54) is 43.4 Å². The van der Waals surface area contributed by atoms with E-state index in [9.17, 15) is 99.9 Å². The van der Waals surface area contributed by atoms with Gasteiger partial charge in [0.15, 0.2) is 6.29 Å². The molecule has 0 bridgehead atoms. The standard InChI is InChI=1S/C39H60F17NO7/c1-2-3-4-5-6-7-8-9-10-11-12-13-16-19-22-57(23-24-63-31-30(62)29(61)28(60)26(25-58)64-31)27(59)20-17-14-15-18-21-32(40,41)33(42,43)34(44,45)35(46,47)36(48,49)37(50,51)38(52,53)39(54,55)56/h26,28-31,58,60-62H,2-25H2,1H3/t26-,28+,29+,30-,31-/m1/s1. The van der Waals surface area contributed by atoms with Gasteiger partial charge in [0.25, 0.3) is 0 Å². The zero-order chi connectivity index (χ0) is 49.4. The third-order valence-electron chi connectivity index (χ3n) is 11.0. The molecule has 0 aromatic heterocycles. The van der Waals surface area contributed by atoms with E-state index in [1.807, 2.05) is 0 Å². The van der Waals surface area contributed by atoms with Crippen molar-refractivity contribution in [1.29, 1.82) is 0 Å². The largest absolute Gasteiger partial charge is 0.460 e. The number of alkyl halides is 17. The van der Waals surface area contributed by atoms with Crippen molar-refractivity contribution in [2.75, 3.05) is 26.3 Å². The van der Waals surface area contributed by atoms with Crippen LogP contribution >= 0.6 is 0 Å². The van der Waals surface area contributed by atoms with Crippen molar-refractivity contribution in [3.63, 3.8) is 0 Å². The van der Waals surface area contributed by atoms with Crippen molar-refractivity contribution in [2.24, 2.45) is 0 Å². The lowest BCUT2D eigenvalue weighted by molar-refractivity contribution is -0.461. The highest BCUT2D eigenvalue weighted by Crippen LogP contribution is 2.64. The molecule has 1 amide bonds. The van der Waals surface area contributed by atoms with Crippen molar-refractivity contribution in [2.45, 2.75) is 214 Å². The molecule has 1 aliphatic heterocycles. The second kappa shape index (κ2) is 25.4. The van der Waals surface area contributed by atoms with Gasteiger partial charge >= 0.3 is 47.6 Å². The average Bonchev–Trinajstić information content (AvgIpc) is 3.20. The summed E-state index contributed by atoms with van der Waals surface area (Å²) in [5.74, 6) is -57.2. The molecule has 64 heavy (non-hydrogen) atoms. The van der Waals surface area contributed by atoms with Crippen molar-refractivity contribution in [3.8, 4) is 0 Å². The van der Waals surface area contributed by atoms with Gasteiger partial charge in [0, 0.05) is 25.9 Å². The molecule has 1 fully saturated rings. The topological polar surface area (TPSA) is 120 Å². The Morgan fingerprint density at radius 2 is 0.922 bits per heavy atom. The maximum absolute atomic E-state index is 14.3. The molecule has 1 aliphatic rings. The summed E-state index contributed by atoms with van der Waals surface area (Å²) in [5, 5.41) is 39.5. The molecular weight excluding hydrogens is 917 g/mol. The minimum absolute atomic E-state index is 0.147. The molecule has 0 aromatic carbocycles. The van der Waals surface area contributed by atoms with Crippen LogP contribution in [0.3, 0.4) is 0 Å². The number of hydrogen-bond acceptors (Lipinski definition) is 7. The molecule has 0 saturated carbocycles. The van der Waals surface area contributed by atoms with Gasteiger partial charge in [0.05, 0.1) is 13.2 Å². The minimum atomic E-state index is -8.68. The number of aliphatic hydroxyl groups is 4. The summed E-state index contributed by atoms with van der Waals surface area (Å²) < 4.78 is 241. The number of carbonyl (C=O) groups is 1. The molecule has 0 aromatic rings. The minimum Gasteiger partial charge on any atom is -0.394 e. The first-order valence-corrected chi connectivity index (χ1v) is 21.3. The fourth-order valence-corrected chi connectivity index (χ4v) is 6.83. The van der Waals surface area contributed by atoms with Gasteiger partial charge in [-0.05, 0) is 19.3 Å². The normalized spacial score (nSPS) is 21.1. The number of aliphatic hydroxyl groups excluding tert-OH is 4. The molecule has 25 heteroatoms. The van der Waals surface area contributed by atoms with Crippen LogP contribution in [0.25, 0.3) is 0 Å². The summed E-state index contributed by atoms with van der Waals surface area (Å²) in [6.45, 7) is 1.06. The lowest BCUT2D eigenvalue weighted by atomic mass is 9.87. The van der Waals surface area contributed by atoms with Gasteiger partial charge in [0.2, 0.25) is 5.91 Å². The van der Waals surface area contributed by atoms with Crippen LogP contribution in [-0.2, 0) is 14.3 Å². The number of ether oxygens (including phenoxy) is 2. The molecule has 5 atom stereocenters. The van der Waals surface area contributed by atoms with Crippen molar-refractivity contribution in [3.05, 3.63) is 0 Å². The zero-order valence-corrected chi connectivity index (χ0v) is 35.2. The Morgan fingerprint density at radius 3 is 1.38 bits per heavy atom. The predicted octanol–water partition coefficient (Wildman–Crippen LogP) is 10.5. The first-order valence-electron chi connectivity index (χ1n) is 21.3. The van der Waals surface area contributed by atoms with Crippen LogP contribution in [0.15, 0.2) is 0 Å². The highest BCUT2D eigenvalue weighted by atomic mass is 19.4. The molecule has 1 rings (SSSR count). The van der Waals surface area contributed by atoms with Gasteiger partial charge < -0.3 is 34.8 Å². The molecule has 382 valence electrons. The Kier molecular flexibility index (Phi) is 23.9. The zero-order valence-electron chi connectivity index (χ0n) is 35.2. The SMILES string of the molecule is CCCCCCCCCCCCCCCCN(CCO[C@@H]1O[C@H](CO)[C@H](O)[C@H](O)[C@H]1O)C(=O)CCCCCCC(F)(F)C(F)(F)C(F)(F)C(F)(F)C(F)(F)C(F)(F)C(F)(F)C(F)(F)F. The molecule has 0 unspecified atom stereocenters. The Balaban J connectivity index is 2.82. The Labute approximate surface area is 360 Å². The first-order chi connectivity index (χ1) is 29.4. The van der Waals surface area contributed by atoms with E-state index in [4.69, 9.17) is 9.47 Å². The van der Waals surface area contributed by atoms with Crippen LogP contribution in [0.2, 0.25) is 0 Å². The van der Waals surface area contributed by atoms with E-state index in [0.29, 0.717) is 12.8 Å². The summed E-state index contributed by atoms with van der Waals surface area (Å²) in [6.07, 6.45) is -6.65. The second-order valence-electron chi connectivity index (χ2n) is 16.1. The molecule has 8 nitrogen and oxygen atoms in total. The van der Waals surface area contributed by atoms with Crippen LogP contribution in [0.5, 0.6) is 0 Å². The van der Waals surface area contributed by atoms with Gasteiger partial charge in [-0.1, -0.05) is 103 Å². The number of carbonyl (C=O) groups excluding carboxylic acids is 1. The van der Waals surface area contributed by atoms with Crippen LogP contribution in [0.1, 0.15) is 135 Å². The molecule has 0 spiro atoms. The Morgan fingerprint density at radius 1 is 0.516 bits per heavy atom. The summed E-state index contributed by atoms with van der Waals surface area (Å²) in [5.41, 5.74) is 0. The molecule has 0 radical (unpaired) electrons. The summed E-state index contributed by atoms with van der Waals surface area (Å²) in [7, 11) is 0. The van der Waals surface area contributed by atoms with E-state index < -0.39 is 110 Å². The monoisotopic (exact) mass is 977 g/mol. The second-order valence-corrected chi connectivity index (χ2v) is 16.1. The smallest absolute Gasteiger partial charge is 0.394 e. The molecule has 1 heterocycles. The third-order valence-corrected chi connectivity index (χ3v) is 11.0. The predicted molar refractivity (Wildman–Crippen MR) is 195 cm³/mol. The number of nitrogens with zero attached hydrogens (tertiary/aromatic N) is 1. The van der Waals surface area contributed by atoms with Gasteiger partial charge in [-0.25, -0.2) is 0 Å². The fourth-order valence-electron chi connectivity index (χ4n) is 6.83. The summed E-state index contributed by atoms with van der Waals surface area (Å²) in [6, 6.07) is 0. The molecule has 0 aliphatic carbocycles. The number of rotatable bonds is 33. The van der Waals surface area contributed by atoms with Crippen molar-refractivity contribution < 1.29 is 109 Å². The van der Waals surface area contributed by atoms with Gasteiger partial charge in [-0.15, -0.1) is 0 Å². The van der Waals surface area contributed by atoms with Crippen LogP contribution in [0.4, 0.5) is 74.6 Å². The lowest BCUT2D eigenvalue weighted by Crippen LogP contribution is -2.74. The first kappa shape index (κ1) is 60.1. The molecular formula is C39H60F17NO7. The maximum atomic E-state index is 14.3. The number of unbranched alkanes of at least 4 members (excludes halogenated alkanes) is 16. The van der Waals surface area contributed by atoms with Gasteiger partial charge in [-0.3, -0.25) is 4.79 Å². The van der Waals surface area contributed by atoms with E-state index in [0.717, 1.165) is 38.5 Å². The van der Waals surface area contributed by atoms with Crippen molar-refractivity contribution in [1.82, 2.24) is 4.90 Å². The summed E-state index contributed by atoms with van der Waals surface area (Å²) >= 11 is 0. The van der Waals surface area contributed by atoms with E-state index in [1.54, 1.807) is 0 Å². The average molecular weight is 978 g/mol. The van der Waals surface area contributed by atoms with Crippen molar-refractivity contribution >= 4 is 5.91 Å². The van der Waals surface area contributed by atoms with Gasteiger partial charge in [-0.2, -0.15) is 74.6 Å². The van der Waals surface area contributed by atoms with Gasteiger partial charge in [0.1, 0.15) is 24.4 Å². The third kappa shape index (κ3) is 14.8. The number of halogens is 17.